The molecule has 1 aromatic heterocycles. The van der Waals surface area contributed by atoms with Gasteiger partial charge in [-0.1, -0.05) is 28.6 Å². The lowest BCUT2D eigenvalue weighted by molar-refractivity contribution is -0.110. The Labute approximate surface area is 215 Å². The number of hydrogen-bond donors (Lipinski definition) is 2. The van der Waals surface area contributed by atoms with Crippen molar-refractivity contribution >= 4 is 38.1 Å². The van der Waals surface area contributed by atoms with Crippen molar-refractivity contribution in [1.82, 2.24) is 9.71 Å². The topological polar surface area (TPSA) is 137 Å². The Kier molecular flexibility index (Phi) is 10.8. The third-order valence-corrected chi connectivity index (χ3v) is 7.71. The van der Waals surface area contributed by atoms with E-state index < -0.39 is 15.9 Å². The standard InChI is InChI=1S/C23H32N4O7S2/c1-4-33-17-7-8-18(13-17)34-27-21(22(28)26-23-24-14-19(35-23)15-32-3)16-5-9-20(10-6-16)36(29,30)25-11-12-31-2/h5-6,9-10,14,17-18,25H,4,7-8,11-13,15H2,1-3H3,(H,24,26,28)/b27-21+/t17-,18-/m1/s1. The van der Waals surface area contributed by atoms with Crippen LogP contribution in [0.3, 0.4) is 0 Å². The maximum Gasteiger partial charge on any atom is 0.280 e. The number of carbonyl (C=O) groups excluding carboxylic acids is 1. The Bertz CT molecular complexity index is 1120. The number of sulfonamides is 1. The zero-order valence-corrected chi connectivity index (χ0v) is 22.2. The molecule has 1 amide bonds. The second-order valence-electron chi connectivity index (χ2n) is 7.99. The van der Waals surface area contributed by atoms with Gasteiger partial charge in [0.15, 0.2) is 10.8 Å². The van der Waals surface area contributed by atoms with Gasteiger partial charge in [0.05, 0.1) is 29.1 Å². The summed E-state index contributed by atoms with van der Waals surface area (Å²) in [4.78, 5) is 24.0. The van der Waals surface area contributed by atoms with Crippen molar-refractivity contribution in [1.29, 1.82) is 0 Å². The highest BCUT2D eigenvalue weighted by Crippen LogP contribution is 2.25. The van der Waals surface area contributed by atoms with Crippen LogP contribution in [0.25, 0.3) is 0 Å². The molecule has 0 saturated heterocycles. The van der Waals surface area contributed by atoms with E-state index in [4.69, 9.17) is 19.0 Å². The van der Waals surface area contributed by atoms with Gasteiger partial charge in [-0.15, -0.1) is 0 Å². The number of methoxy groups -OCH3 is 2. The lowest BCUT2D eigenvalue weighted by Gasteiger charge is -2.12. The van der Waals surface area contributed by atoms with E-state index in [-0.39, 0.29) is 36.0 Å². The molecule has 2 atom stereocenters. The molecule has 0 spiro atoms. The fourth-order valence-corrected chi connectivity index (χ4v) is 5.41. The summed E-state index contributed by atoms with van der Waals surface area (Å²) >= 11 is 1.28. The molecule has 1 saturated carbocycles. The van der Waals surface area contributed by atoms with Crippen molar-refractivity contribution in [2.45, 2.75) is 49.9 Å². The second-order valence-corrected chi connectivity index (χ2v) is 10.9. The molecule has 0 bridgehead atoms. The lowest BCUT2D eigenvalue weighted by atomic mass is 10.1. The van der Waals surface area contributed by atoms with Gasteiger partial charge in [0.2, 0.25) is 10.0 Å². The Hall–Kier alpha value is -2.42. The van der Waals surface area contributed by atoms with Gasteiger partial charge in [0.1, 0.15) is 6.10 Å². The highest BCUT2D eigenvalue weighted by atomic mass is 32.2. The van der Waals surface area contributed by atoms with Crippen LogP contribution in [0, 0.1) is 0 Å². The fraction of sp³-hybridized carbons (Fsp3) is 0.522. The van der Waals surface area contributed by atoms with Crippen LogP contribution in [0.15, 0.2) is 40.5 Å². The van der Waals surface area contributed by atoms with Crippen molar-refractivity contribution in [2.75, 3.05) is 39.3 Å². The van der Waals surface area contributed by atoms with Gasteiger partial charge in [0.25, 0.3) is 5.91 Å². The normalized spacial score (nSPS) is 18.4. The molecule has 0 unspecified atom stereocenters. The first kappa shape index (κ1) is 28.2. The summed E-state index contributed by atoms with van der Waals surface area (Å²) in [6, 6.07) is 5.85. The molecule has 1 aliphatic rings. The number of oxime groups is 1. The second kappa shape index (κ2) is 13.8. The van der Waals surface area contributed by atoms with Crippen molar-refractivity contribution in [3.8, 4) is 0 Å². The molecular formula is C23H32N4O7S2. The minimum absolute atomic E-state index is 0.00893. The molecule has 0 radical (unpaired) electrons. The van der Waals surface area contributed by atoms with Crippen LogP contribution in [-0.4, -0.2) is 71.2 Å². The molecular weight excluding hydrogens is 508 g/mol. The van der Waals surface area contributed by atoms with E-state index in [1.165, 1.54) is 42.7 Å². The first-order valence-electron chi connectivity index (χ1n) is 11.6. The molecule has 198 valence electrons. The summed E-state index contributed by atoms with van der Waals surface area (Å²) in [5.74, 6) is -0.526. The average molecular weight is 541 g/mol. The molecule has 2 aromatic rings. The van der Waals surface area contributed by atoms with Crippen LogP contribution in [0.5, 0.6) is 0 Å². The van der Waals surface area contributed by atoms with E-state index in [0.29, 0.717) is 30.3 Å². The smallest absolute Gasteiger partial charge is 0.280 e. The number of anilines is 1. The van der Waals surface area contributed by atoms with Gasteiger partial charge < -0.3 is 19.0 Å². The third-order valence-electron chi connectivity index (χ3n) is 5.34. The average Bonchev–Trinajstić information content (AvgIpc) is 3.49. The molecule has 11 nitrogen and oxygen atoms in total. The van der Waals surface area contributed by atoms with Gasteiger partial charge in [-0.25, -0.2) is 18.1 Å². The van der Waals surface area contributed by atoms with E-state index in [0.717, 1.165) is 17.7 Å². The molecule has 13 heteroatoms. The van der Waals surface area contributed by atoms with Crippen LogP contribution in [0.1, 0.15) is 36.6 Å². The number of rotatable bonds is 14. The number of thiazole rings is 1. The number of hydrogen-bond acceptors (Lipinski definition) is 10. The van der Waals surface area contributed by atoms with Crippen LogP contribution < -0.4 is 10.0 Å². The molecule has 36 heavy (non-hydrogen) atoms. The third kappa shape index (κ3) is 8.05. The van der Waals surface area contributed by atoms with Crippen molar-refractivity contribution < 1.29 is 32.3 Å². The largest absolute Gasteiger partial charge is 0.392 e. The minimum Gasteiger partial charge on any atom is -0.392 e. The zero-order chi connectivity index (χ0) is 26.0. The Morgan fingerprint density at radius 1 is 1.17 bits per heavy atom. The van der Waals surface area contributed by atoms with Gasteiger partial charge in [-0.05, 0) is 31.9 Å². The Morgan fingerprint density at radius 2 is 1.92 bits per heavy atom. The van der Waals surface area contributed by atoms with Crippen molar-refractivity contribution in [3.63, 3.8) is 0 Å². The summed E-state index contributed by atoms with van der Waals surface area (Å²) in [6.07, 6.45) is 3.86. The number of aromatic nitrogens is 1. The quantitative estimate of drug-likeness (QED) is 0.212. The van der Waals surface area contributed by atoms with Gasteiger partial charge >= 0.3 is 0 Å². The number of nitrogens with one attached hydrogen (secondary N) is 2. The van der Waals surface area contributed by atoms with E-state index in [9.17, 15) is 13.2 Å². The van der Waals surface area contributed by atoms with Gasteiger partial charge in [-0.3, -0.25) is 10.1 Å². The Morgan fingerprint density at radius 3 is 2.61 bits per heavy atom. The number of ether oxygens (including phenoxy) is 3. The molecule has 0 aliphatic heterocycles. The van der Waals surface area contributed by atoms with Crippen LogP contribution in [0.4, 0.5) is 5.13 Å². The highest BCUT2D eigenvalue weighted by Gasteiger charge is 2.27. The number of benzene rings is 1. The van der Waals surface area contributed by atoms with Crippen molar-refractivity contribution in [3.05, 3.63) is 40.9 Å². The summed E-state index contributed by atoms with van der Waals surface area (Å²) < 4.78 is 43.0. The molecule has 1 heterocycles. The van der Waals surface area contributed by atoms with Gasteiger partial charge in [0, 0.05) is 45.6 Å². The number of amides is 1. The maximum atomic E-state index is 13.2. The van der Waals surface area contributed by atoms with E-state index in [2.05, 4.69) is 20.2 Å². The van der Waals surface area contributed by atoms with Gasteiger partial charge in [-0.2, -0.15) is 0 Å². The van der Waals surface area contributed by atoms with Crippen LogP contribution in [-0.2, 0) is 40.5 Å². The summed E-state index contributed by atoms with van der Waals surface area (Å²) in [5, 5.41) is 7.31. The molecule has 1 fully saturated rings. The highest BCUT2D eigenvalue weighted by molar-refractivity contribution is 7.89. The van der Waals surface area contributed by atoms with E-state index in [1.54, 1.807) is 13.3 Å². The molecule has 1 aromatic carbocycles. The molecule has 1 aliphatic carbocycles. The molecule has 3 rings (SSSR count). The maximum absolute atomic E-state index is 13.2. The zero-order valence-electron chi connectivity index (χ0n) is 20.6. The fourth-order valence-electron chi connectivity index (χ4n) is 3.62. The first-order valence-corrected chi connectivity index (χ1v) is 13.9. The predicted molar refractivity (Wildman–Crippen MR) is 136 cm³/mol. The number of nitrogens with zero attached hydrogens (tertiary/aromatic N) is 2. The SMILES string of the molecule is CCO[C@@H]1CC[C@@H](O/N=C(/C(=O)Nc2ncc(COC)s2)c2ccc(S(=O)(=O)NCCOC)cc2)C1. The number of carbonyl (C=O) groups is 1. The van der Waals surface area contributed by atoms with Crippen LogP contribution in [0.2, 0.25) is 0 Å². The van der Waals surface area contributed by atoms with E-state index >= 15 is 0 Å². The predicted octanol–water partition coefficient (Wildman–Crippen LogP) is 2.53. The first-order chi connectivity index (χ1) is 17.4. The monoisotopic (exact) mass is 540 g/mol. The van der Waals surface area contributed by atoms with Crippen LogP contribution >= 0.6 is 11.3 Å². The summed E-state index contributed by atoms with van der Waals surface area (Å²) in [6.45, 7) is 3.35. The Balaban J connectivity index is 1.79. The lowest BCUT2D eigenvalue weighted by Crippen LogP contribution is -2.27. The summed E-state index contributed by atoms with van der Waals surface area (Å²) in [5.41, 5.74) is 0.408. The summed E-state index contributed by atoms with van der Waals surface area (Å²) in [7, 11) is -0.650. The molecule has 2 N–H and O–H groups in total. The minimum atomic E-state index is -3.72. The van der Waals surface area contributed by atoms with Crippen molar-refractivity contribution in [2.24, 2.45) is 5.16 Å². The van der Waals surface area contributed by atoms with E-state index in [1.807, 2.05) is 6.92 Å².